The summed E-state index contributed by atoms with van der Waals surface area (Å²) in [5, 5.41) is 2.48. The number of fused-ring (bicyclic) bond motifs is 1. The number of anilines is 1. The van der Waals surface area contributed by atoms with E-state index in [-0.39, 0.29) is 24.1 Å². The van der Waals surface area contributed by atoms with E-state index in [9.17, 15) is 22.8 Å². The van der Waals surface area contributed by atoms with Gasteiger partial charge in [0, 0.05) is 29.1 Å². The number of nitrogens with one attached hydrogen (secondary N) is 1. The van der Waals surface area contributed by atoms with Crippen molar-refractivity contribution in [3.63, 3.8) is 0 Å². The maximum absolute atomic E-state index is 12.9. The highest BCUT2D eigenvalue weighted by Crippen LogP contribution is 2.34. The molecule has 0 aromatic carbocycles. The van der Waals surface area contributed by atoms with Crippen LogP contribution in [0.2, 0.25) is 0 Å². The summed E-state index contributed by atoms with van der Waals surface area (Å²) >= 11 is 0. The Labute approximate surface area is 170 Å². The Morgan fingerprint density at radius 1 is 1.37 bits per heavy atom. The third kappa shape index (κ3) is 4.44. The first-order valence-electron chi connectivity index (χ1n) is 8.90. The van der Waals surface area contributed by atoms with Gasteiger partial charge in [-0.25, -0.2) is 14.8 Å². The Balaban J connectivity index is 1.80. The van der Waals surface area contributed by atoms with Crippen LogP contribution in [0.25, 0.3) is 0 Å². The first-order valence-corrected chi connectivity index (χ1v) is 8.90. The van der Waals surface area contributed by atoms with E-state index < -0.39 is 24.9 Å². The quantitative estimate of drug-likeness (QED) is 0.788. The van der Waals surface area contributed by atoms with Gasteiger partial charge in [-0.05, 0) is 31.5 Å². The van der Waals surface area contributed by atoms with E-state index in [0.29, 0.717) is 22.3 Å². The van der Waals surface area contributed by atoms with Crippen molar-refractivity contribution in [2.45, 2.75) is 32.6 Å². The van der Waals surface area contributed by atoms with Crippen LogP contribution in [-0.2, 0) is 11.3 Å². The molecule has 30 heavy (non-hydrogen) atoms. The maximum atomic E-state index is 12.9. The molecule has 3 heterocycles. The summed E-state index contributed by atoms with van der Waals surface area (Å²) in [4.78, 5) is 34.0. The lowest BCUT2D eigenvalue weighted by Gasteiger charge is -2.25. The Hall–Kier alpha value is -3.37. The number of aryl methyl sites for hydroxylation is 1. The van der Waals surface area contributed by atoms with E-state index in [1.807, 2.05) is 0 Å². The number of aromatic nitrogens is 2. The Kier molecular flexibility index (Phi) is 5.81. The molecule has 2 aromatic rings. The minimum absolute atomic E-state index is 0.118. The van der Waals surface area contributed by atoms with Gasteiger partial charge in [-0.15, -0.1) is 0 Å². The van der Waals surface area contributed by atoms with Gasteiger partial charge in [0.1, 0.15) is 5.82 Å². The topological polar surface area (TPSA) is 93.7 Å². The molecule has 160 valence electrons. The van der Waals surface area contributed by atoms with Gasteiger partial charge in [-0.2, -0.15) is 13.2 Å². The monoisotopic (exact) mass is 424 g/mol. The van der Waals surface area contributed by atoms with Crippen molar-refractivity contribution in [3.8, 4) is 5.88 Å². The normalized spacial score (nSPS) is 14.3. The lowest BCUT2D eigenvalue weighted by molar-refractivity contribution is -0.154. The highest BCUT2D eigenvalue weighted by atomic mass is 19.4. The number of amides is 2. The van der Waals surface area contributed by atoms with E-state index in [2.05, 4.69) is 20.0 Å². The highest BCUT2D eigenvalue weighted by Gasteiger charge is 2.34. The maximum Gasteiger partial charge on any atom is 0.422 e. The number of hydrogen-bond acceptors (Lipinski definition) is 6. The van der Waals surface area contributed by atoms with Crippen LogP contribution in [0.15, 0.2) is 24.5 Å². The third-order valence-electron chi connectivity index (χ3n) is 4.66. The zero-order chi connectivity index (χ0) is 22.1. The van der Waals surface area contributed by atoms with Gasteiger partial charge in [-0.3, -0.25) is 10.1 Å². The molecule has 1 aliphatic heterocycles. The summed E-state index contributed by atoms with van der Waals surface area (Å²) in [6.45, 7) is 2.11. The summed E-state index contributed by atoms with van der Waals surface area (Å²) in [5.74, 6) is -0.149. The lowest BCUT2D eigenvalue weighted by Crippen LogP contribution is -2.27. The molecular formula is C19H19F3N4O4. The van der Waals surface area contributed by atoms with Gasteiger partial charge in [0.05, 0.1) is 19.7 Å². The van der Waals surface area contributed by atoms with Gasteiger partial charge in [-0.1, -0.05) is 0 Å². The molecule has 0 radical (unpaired) electrons. The fraction of sp³-hybridized carbons (Fsp3) is 0.368. The smallest absolute Gasteiger partial charge is 0.422 e. The fourth-order valence-electron chi connectivity index (χ4n) is 3.11. The third-order valence-corrected chi connectivity index (χ3v) is 4.66. The van der Waals surface area contributed by atoms with Gasteiger partial charge in [0.25, 0.3) is 5.91 Å². The summed E-state index contributed by atoms with van der Waals surface area (Å²) in [7, 11) is 1.22. The molecule has 0 aliphatic carbocycles. The number of methoxy groups -OCH3 is 1. The molecule has 1 atom stereocenters. The van der Waals surface area contributed by atoms with Crippen LogP contribution in [-0.4, -0.2) is 46.8 Å². The number of alkyl halides is 3. The summed E-state index contributed by atoms with van der Waals surface area (Å²) in [6, 6.07) is 2.76. The van der Waals surface area contributed by atoms with Crippen LogP contribution in [0.1, 0.15) is 40.0 Å². The summed E-state index contributed by atoms with van der Waals surface area (Å²) < 4.78 is 46.4. The predicted molar refractivity (Wildman–Crippen MR) is 99.1 cm³/mol. The Morgan fingerprint density at radius 3 is 2.73 bits per heavy atom. The largest absolute Gasteiger partial charge is 0.468 e. The number of halogens is 3. The van der Waals surface area contributed by atoms with Gasteiger partial charge >= 0.3 is 12.3 Å². The number of nitrogens with zero attached hydrogens (tertiary/aromatic N) is 3. The molecule has 1 unspecified atom stereocenters. The van der Waals surface area contributed by atoms with Crippen molar-refractivity contribution >= 4 is 17.8 Å². The van der Waals surface area contributed by atoms with Crippen molar-refractivity contribution in [1.29, 1.82) is 0 Å². The first kappa shape index (κ1) is 21.3. The average molecular weight is 424 g/mol. The number of pyridine rings is 2. The van der Waals surface area contributed by atoms with Gasteiger partial charge in [0.15, 0.2) is 6.61 Å². The fourth-order valence-corrected chi connectivity index (χ4v) is 3.11. The molecule has 0 fully saturated rings. The van der Waals surface area contributed by atoms with Crippen LogP contribution in [0.4, 0.5) is 23.8 Å². The second-order valence-corrected chi connectivity index (χ2v) is 6.71. The van der Waals surface area contributed by atoms with Crippen molar-refractivity contribution in [2.75, 3.05) is 19.0 Å². The lowest BCUT2D eigenvalue weighted by atomic mass is 10.1. The van der Waals surface area contributed by atoms with Crippen LogP contribution >= 0.6 is 0 Å². The predicted octanol–water partition coefficient (Wildman–Crippen LogP) is 3.62. The number of hydrogen-bond donors (Lipinski definition) is 1. The summed E-state index contributed by atoms with van der Waals surface area (Å²) in [6.07, 6.45) is -2.37. The number of carbonyl (C=O) groups excluding carboxylic acids is 2. The number of ether oxygens (including phenoxy) is 2. The van der Waals surface area contributed by atoms with Gasteiger partial charge < -0.3 is 14.4 Å². The van der Waals surface area contributed by atoms with Crippen LogP contribution in [0, 0.1) is 6.92 Å². The van der Waals surface area contributed by atoms with Crippen molar-refractivity contribution in [1.82, 2.24) is 14.9 Å². The molecule has 0 bridgehead atoms. The Bertz CT molecular complexity index is 981. The molecule has 8 nitrogen and oxygen atoms in total. The van der Waals surface area contributed by atoms with E-state index in [1.165, 1.54) is 19.5 Å². The van der Waals surface area contributed by atoms with E-state index in [1.54, 1.807) is 30.9 Å². The Morgan fingerprint density at radius 2 is 2.10 bits per heavy atom. The van der Waals surface area contributed by atoms with Crippen molar-refractivity contribution in [3.05, 3.63) is 46.8 Å². The molecule has 0 saturated heterocycles. The first-order chi connectivity index (χ1) is 14.1. The SMILES string of the molecule is COC(=O)Nc1nccc2c1CN(C(C)c1cnc(OCC(F)(F)F)c(C)c1)C2=O. The van der Waals surface area contributed by atoms with Crippen LogP contribution in [0.5, 0.6) is 5.88 Å². The zero-order valence-electron chi connectivity index (χ0n) is 16.4. The standard InChI is InChI=1S/C19H19F3N4O4/c1-10-6-12(7-24-16(10)30-9-19(20,21)22)11(2)26-8-14-13(17(26)27)4-5-23-15(14)25-18(28)29-3/h4-7,11H,8-9H2,1-3H3,(H,23,25,28). The molecular weight excluding hydrogens is 405 g/mol. The average Bonchev–Trinajstić information content (AvgIpc) is 3.03. The molecule has 11 heteroatoms. The van der Waals surface area contributed by atoms with Crippen LogP contribution in [0.3, 0.4) is 0 Å². The molecule has 1 N–H and O–H groups in total. The summed E-state index contributed by atoms with van der Waals surface area (Å²) in [5.41, 5.74) is 2.00. The zero-order valence-corrected chi connectivity index (χ0v) is 16.4. The van der Waals surface area contributed by atoms with E-state index in [4.69, 9.17) is 4.74 Å². The highest BCUT2D eigenvalue weighted by molar-refractivity contribution is 6.01. The van der Waals surface area contributed by atoms with Gasteiger partial charge in [0.2, 0.25) is 5.88 Å². The molecule has 2 amide bonds. The minimum atomic E-state index is -4.46. The van der Waals surface area contributed by atoms with Crippen LogP contribution < -0.4 is 10.1 Å². The molecule has 2 aromatic heterocycles. The van der Waals surface area contributed by atoms with Crippen molar-refractivity contribution in [2.24, 2.45) is 0 Å². The van der Waals surface area contributed by atoms with E-state index >= 15 is 0 Å². The number of carbonyl (C=O) groups is 2. The molecule has 0 spiro atoms. The number of rotatable bonds is 5. The molecule has 1 aliphatic rings. The second kappa shape index (κ2) is 8.17. The molecule has 0 saturated carbocycles. The second-order valence-electron chi connectivity index (χ2n) is 6.71. The van der Waals surface area contributed by atoms with Crippen molar-refractivity contribution < 1.29 is 32.2 Å². The molecule has 3 rings (SSSR count). The minimum Gasteiger partial charge on any atom is -0.468 e. The van der Waals surface area contributed by atoms with E-state index in [0.717, 1.165) is 0 Å².